The molecule has 1 saturated heterocycles. The third-order valence-corrected chi connectivity index (χ3v) is 6.82. The Morgan fingerprint density at radius 1 is 0.821 bits per heavy atom. The maximum atomic E-state index is 13.8. The molecule has 1 heterocycles. The number of benzene rings is 4. The summed E-state index contributed by atoms with van der Waals surface area (Å²) in [6, 6.07) is 35.9. The number of aliphatic hydroxyl groups is 1. The molecule has 7 heteroatoms. The van der Waals surface area contributed by atoms with E-state index in [9.17, 15) is 14.7 Å². The second-order valence-electron chi connectivity index (χ2n) is 9.54. The zero-order valence-electron chi connectivity index (χ0n) is 21.4. The summed E-state index contributed by atoms with van der Waals surface area (Å²) in [4.78, 5) is 28.4. The number of nitrogens with one attached hydrogen (secondary N) is 2. The van der Waals surface area contributed by atoms with E-state index in [-0.39, 0.29) is 5.91 Å². The van der Waals surface area contributed by atoms with Crippen LogP contribution >= 0.6 is 0 Å². The predicted octanol–water partition coefficient (Wildman–Crippen LogP) is 4.45. The minimum Gasteiger partial charge on any atom is -0.410 e. The quantitative estimate of drug-likeness (QED) is 0.303. The fourth-order valence-electron chi connectivity index (χ4n) is 4.88. The van der Waals surface area contributed by atoms with Crippen LogP contribution in [0, 0.1) is 0 Å². The highest BCUT2D eigenvalue weighted by molar-refractivity contribution is 5.85. The van der Waals surface area contributed by atoms with Crippen molar-refractivity contribution in [2.45, 2.75) is 37.3 Å². The van der Waals surface area contributed by atoms with Gasteiger partial charge in [-0.3, -0.25) is 10.1 Å². The van der Waals surface area contributed by atoms with Gasteiger partial charge in [0.05, 0.1) is 12.1 Å². The van der Waals surface area contributed by atoms with Crippen molar-refractivity contribution in [1.29, 1.82) is 0 Å². The minimum atomic E-state index is -1.23. The number of ether oxygens (including phenoxy) is 1. The topological polar surface area (TPSA) is 90.9 Å². The van der Waals surface area contributed by atoms with Crippen molar-refractivity contribution in [3.05, 3.63) is 138 Å². The van der Waals surface area contributed by atoms with Gasteiger partial charge in [0.2, 0.25) is 5.91 Å². The Balaban J connectivity index is 1.40. The molecule has 0 spiro atoms. The lowest BCUT2D eigenvalue weighted by atomic mass is 9.96. The maximum Gasteiger partial charge on any atom is 0.412 e. The number of hydrogen-bond acceptors (Lipinski definition) is 5. The Morgan fingerprint density at radius 3 is 1.97 bits per heavy atom. The monoisotopic (exact) mass is 521 g/mol. The maximum absolute atomic E-state index is 13.8. The zero-order valence-corrected chi connectivity index (χ0v) is 21.4. The van der Waals surface area contributed by atoms with Crippen LogP contribution in [0.25, 0.3) is 0 Å². The highest BCUT2D eigenvalue weighted by Crippen LogP contribution is 2.29. The average Bonchev–Trinajstić information content (AvgIpc) is 3.30. The van der Waals surface area contributed by atoms with Gasteiger partial charge in [-0.05, 0) is 35.2 Å². The summed E-state index contributed by atoms with van der Waals surface area (Å²) in [7, 11) is 0. The summed E-state index contributed by atoms with van der Waals surface area (Å²) in [5.41, 5.74) is 2.80. The van der Waals surface area contributed by atoms with Crippen LogP contribution in [0.5, 0.6) is 5.75 Å². The van der Waals surface area contributed by atoms with Crippen molar-refractivity contribution in [1.82, 2.24) is 15.5 Å². The standard InChI is InChI=1S/C32H31N3O4/c36-29(27(21-23-13-5-1-6-14-23)33-32(38)39-26-19-11-4-12-20-26)28-31(37)35(22-24-15-7-2-8-16-24)30(34-28)25-17-9-3-10-18-25/h1-20,27-30,34,36H,21-22H2,(H,33,38)/t27-,28-,29-,30?/m0/s1. The summed E-state index contributed by atoms with van der Waals surface area (Å²) in [6.45, 7) is 0.377. The van der Waals surface area contributed by atoms with Crippen LogP contribution in [0.2, 0.25) is 0 Å². The van der Waals surface area contributed by atoms with E-state index in [0.29, 0.717) is 18.7 Å². The molecule has 1 aliphatic heterocycles. The van der Waals surface area contributed by atoms with Gasteiger partial charge in [-0.2, -0.15) is 0 Å². The van der Waals surface area contributed by atoms with E-state index in [2.05, 4.69) is 10.6 Å². The third-order valence-electron chi connectivity index (χ3n) is 6.82. The van der Waals surface area contributed by atoms with Crippen LogP contribution in [0.4, 0.5) is 4.79 Å². The summed E-state index contributed by atoms with van der Waals surface area (Å²) < 4.78 is 5.44. The van der Waals surface area contributed by atoms with E-state index in [1.807, 2.05) is 97.1 Å². The fourth-order valence-corrected chi connectivity index (χ4v) is 4.88. The second kappa shape index (κ2) is 12.4. The molecule has 0 aromatic heterocycles. The minimum absolute atomic E-state index is 0.239. The molecule has 1 aliphatic rings. The van der Waals surface area contributed by atoms with Crippen molar-refractivity contribution >= 4 is 12.0 Å². The average molecular weight is 522 g/mol. The van der Waals surface area contributed by atoms with Crippen molar-refractivity contribution in [2.24, 2.45) is 0 Å². The first-order valence-electron chi connectivity index (χ1n) is 13.0. The van der Waals surface area contributed by atoms with Crippen LogP contribution < -0.4 is 15.4 Å². The van der Waals surface area contributed by atoms with Crippen LogP contribution in [-0.4, -0.2) is 40.2 Å². The Bertz CT molecular complexity index is 1350. The molecule has 3 N–H and O–H groups in total. The molecule has 0 aliphatic carbocycles. The summed E-state index contributed by atoms with van der Waals surface area (Å²) in [6.07, 6.45) is -2.06. The number of carbonyl (C=O) groups excluding carboxylic acids is 2. The molecule has 0 saturated carbocycles. The predicted molar refractivity (Wildman–Crippen MR) is 149 cm³/mol. The highest BCUT2D eigenvalue weighted by atomic mass is 16.6. The molecule has 1 unspecified atom stereocenters. The summed E-state index contributed by atoms with van der Waals surface area (Å²) >= 11 is 0. The number of aliphatic hydroxyl groups excluding tert-OH is 1. The molecule has 198 valence electrons. The largest absolute Gasteiger partial charge is 0.412 e. The molecule has 0 radical (unpaired) electrons. The normalized spacial score (nSPS) is 18.4. The second-order valence-corrected chi connectivity index (χ2v) is 9.54. The molecule has 4 atom stereocenters. The van der Waals surface area contributed by atoms with E-state index in [1.54, 1.807) is 29.2 Å². The number of para-hydroxylation sites is 1. The lowest BCUT2D eigenvalue weighted by molar-refractivity contribution is -0.133. The number of amides is 2. The van der Waals surface area contributed by atoms with Gasteiger partial charge in [0.15, 0.2) is 0 Å². The Kier molecular flexibility index (Phi) is 8.31. The number of carbonyl (C=O) groups is 2. The van der Waals surface area contributed by atoms with Crippen LogP contribution in [0.1, 0.15) is 22.9 Å². The van der Waals surface area contributed by atoms with Crippen molar-refractivity contribution < 1.29 is 19.4 Å². The first-order chi connectivity index (χ1) is 19.1. The Hall–Kier alpha value is -4.46. The molecule has 1 fully saturated rings. The van der Waals surface area contributed by atoms with E-state index in [1.165, 1.54) is 0 Å². The van der Waals surface area contributed by atoms with Gasteiger partial charge >= 0.3 is 6.09 Å². The van der Waals surface area contributed by atoms with E-state index >= 15 is 0 Å². The molecule has 5 rings (SSSR count). The summed E-state index contributed by atoms with van der Waals surface area (Å²) in [5, 5.41) is 17.8. The number of hydrogen-bond donors (Lipinski definition) is 3. The van der Waals surface area contributed by atoms with Gasteiger partial charge < -0.3 is 20.1 Å². The van der Waals surface area contributed by atoms with E-state index < -0.39 is 30.4 Å². The van der Waals surface area contributed by atoms with Crippen molar-refractivity contribution in [3.8, 4) is 5.75 Å². The molecule has 4 aromatic rings. The van der Waals surface area contributed by atoms with Crippen molar-refractivity contribution in [3.63, 3.8) is 0 Å². The van der Waals surface area contributed by atoms with Crippen LogP contribution in [0.3, 0.4) is 0 Å². The Morgan fingerprint density at radius 2 is 1.36 bits per heavy atom. The summed E-state index contributed by atoms with van der Waals surface area (Å²) in [5.74, 6) is 0.146. The van der Waals surface area contributed by atoms with Gasteiger partial charge in [-0.15, -0.1) is 0 Å². The number of nitrogens with zero attached hydrogens (tertiary/aromatic N) is 1. The number of rotatable bonds is 9. The first-order valence-corrected chi connectivity index (χ1v) is 13.0. The lowest BCUT2D eigenvalue weighted by Gasteiger charge is -2.27. The molecule has 2 amide bonds. The van der Waals surface area contributed by atoms with Gasteiger partial charge in [-0.1, -0.05) is 109 Å². The fraction of sp³-hybridized carbons (Fsp3) is 0.188. The molecule has 39 heavy (non-hydrogen) atoms. The molecule has 0 bridgehead atoms. The van der Waals surface area contributed by atoms with E-state index in [4.69, 9.17) is 4.74 Å². The van der Waals surface area contributed by atoms with Crippen LogP contribution in [0.15, 0.2) is 121 Å². The Labute approximate surface area is 228 Å². The first kappa shape index (κ1) is 26.2. The SMILES string of the molecule is O=C(N[C@@H](Cc1ccccc1)[C@H](O)[C@@H]1NC(c2ccccc2)N(Cc2ccccc2)C1=O)Oc1ccccc1. The highest BCUT2D eigenvalue weighted by Gasteiger charge is 2.45. The lowest BCUT2D eigenvalue weighted by Crippen LogP contribution is -2.55. The van der Waals surface area contributed by atoms with Gasteiger partial charge in [-0.25, -0.2) is 4.79 Å². The van der Waals surface area contributed by atoms with Gasteiger partial charge in [0.1, 0.15) is 18.0 Å². The van der Waals surface area contributed by atoms with E-state index in [0.717, 1.165) is 16.7 Å². The zero-order chi connectivity index (χ0) is 27.0. The molecular weight excluding hydrogens is 490 g/mol. The molecule has 4 aromatic carbocycles. The smallest absolute Gasteiger partial charge is 0.410 e. The molecular formula is C32H31N3O4. The van der Waals surface area contributed by atoms with Crippen molar-refractivity contribution in [2.75, 3.05) is 0 Å². The van der Waals surface area contributed by atoms with Crippen LogP contribution in [-0.2, 0) is 17.8 Å². The van der Waals surface area contributed by atoms with Gasteiger partial charge in [0.25, 0.3) is 0 Å². The third kappa shape index (κ3) is 6.52. The van der Waals surface area contributed by atoms with Gasteiger partial charge in [0, 0.05) is 6.54 Å². The molecule has 7 nitrogen and oxygen atoms in total.